The van der Waals surface area contributed by atoms with E-state index >= 15 is 0 Å². The van der Waals surface area contributed by atoms with Gasteiger partial charge in [0.2, 0.25) is 0 Å². The summed E-state index contributed by atoms with van der Waals surface area (Å²) in [6.07, 6.45) is 1.43. The summed E-state index contributed by atoms with van der Waals surface area (Å²) in [7, 11) is 3.21. The van der Waals surface area contributed by atoms with Gasteiger partial charge in [-0.25, -0.2) is 0 Å². The first kappa shape index (κ1) is 19.9. The second kappa shape index (κ2) is 9.88. The zero-order valence-corrected chi connectivity index (χ0v) is 15.7. The Hall–Kier alpha value is -3.46. The molecule has 0 aliphatic heterocycles. The quantitative estimate of drug-likeness (QED) is 0.555. The number of benzene rings is 2. The number of carbonyl (C=O) groups excluding carboxylic acids is 1. The number of methoxy groups -OCH3 is 2. The summed E-state index contributed by atoms with van der Waals surface area (Å²) in [5.41, 5.74) is 1.92. The SMILES string of the molecule is COc1ccc(C(C)NC(=O)/C(C#N)=C\NCc2cccc(OC)c2)cc1. The lowest BCUT2D eigenvalue weighted by Crippen LogP contribution is -2.28. The molecule has 140 valence electrons. The van der Waals surface area contributed by atoms with Crippen LogP contribution in [-0.2, 0) is 11.3 Å². The van der Waals surface area contributed by atoms with E-state index in [1.54, 1.807) is 14.2 Å². The molecule has 2 aromatic carbocycles. The molecule has 2 rings (SSSR count). The number of hydrogen-bond donors (Lipinski definition) is 2. The Morgan fingerprint density at radius 1 is 1.15 bits per heavy atom. The first-order valence-electron chi connectivity index (χ1n) is 8.48. The van der Waals surface area contributed by atoms with Crippen molar-refractivity contribution in [2.75, 3.05) is 14.2 Å². The van der Waals surface area contributed by atoms with E-state index in [1.807, 2.05) is 61.5 Å². The number of hydrogen-bond acceptors (Lipinski definition) is 5. The molecule has 0 aromatic heterocycles. The molecule has 27 heavy (non-hydrogen) atoms. The maximum Gasteiger partial charge on any atom is 0.263 e. The number of rotatable bonds is 8. The second-order valence-electron chi connectivity index (χ2n) is 5.87. The molecule has 0 saturated carbocycles. The minimum absolute atomic E-state index is 0.0123. The fraction of sp³-hybridized carbons (Fsp3) is 0.238. The smallest absolute Gasteiger partial charge is 0.263 e. The van der Waals surface area contributed by atoms with Crippen molar-refractivity contribution in [2.45, 2.75) is 19.5 Å². The zero-order chi connectivity index (χ0) is 19.6. The summed E-state index contributed by atoms with van der Waals surface area (Å²) in [5.74, 6) is 1.07. The number of carbonyl (C=O) groups is 1. The Balaban J connectivity index is 1.95. The molecule has 0 heterocycles. The van der Waals surface area contributed by atoms with Crippen molar-refractivity contribution in [3.05, 3.63) is 71.4 Å². The van der Waals surface area contributed by atoms with Crippen molar-refractivity contribution in [1.82, 2.24) is 10.6 Å². The number of nitrogens with one attached hydrogen (secondary N) is 2. The fourth-order valence-electron chi connectivity index (χ4n) is 2.45. The Morgan fingerprint density at radius 2 is 1.85 bits per heavy atom. The van der Waals surface area contributed by atoms with Gasteiger partial charge in [-0.05, 0) is 42.3 Å². The Labute approximate surface area is 159 Å². The van der Waals surface area contributed by atoms with Crippen LogP contribution in [0.25, 0.3) is 0 Å². The highest BCUT2D eigenvalue weighted by Gasteiger charge is 2.13. The monoisotopic (exact) mass is 365 g/mol. The van der Waals surface area contributed by atoms with E-state index in [2.05, 4.69) is 10.6 Å². The van der Waals surface area contributed by atoms with E-state index in [-0.39, 0.29) is 11.6 Å². The molecule has 0 aliphatic rings. The van der Waals surface area contributed by atoms with Crippen molar-refractivity contribution >= 4 is 5.91 Å². The van der Waals surface area contributed by atoms with E-state index in [0.29, 0.717) is 6.54 Å². The average molecular weight is 365 g/mol. The van der Waals surface area contributed by atoms with Crippen LogP contribution in [0.15, 0.2) is 60.3 Å². The molecule has 1 amide bonds. The number of nitriles is 1. The molecular weight excluding hydrogens is 342 g/mol. The average Bonchev–Trinajstić information content (AvgIpc) is 2.71. The zero-order valence-electron chi connectivity index (χ0n) is 15.7. The second-order valence-corrected chi connectivity index (χ2v) is 5.87. The van der Waals surface area contributed by atoms with Crippen LogP contribution >= 0.6 is 0 Å². The van der Waals surface area contributed by atoms with Crippen molar-refractivity contribution in [1.29, 1.82) is 5.26 Å². The molecule has 6 heteroatoms. The van der Waals surface area contributed by atoms with Crippen molar-refractivity contribution in [3.63, 3.8) is 0 Å². The van der Waals surface area contributed by atoms with Gasteiger partial charge in [0.15, 0.2) is 0 Å². The highest BCUT2D eigenvalue weighted by molar-refractivity contribution is 5.97. The predicted octanol–water partition coefficient (Wildman–Crippen LogP) is 3.08. The first-order valence-corrected chi connectivity index (χ1v) is 8.48. The largest absolute Gasteiger partial charge is 0.497 e. The summed E-state index contributed by atoms with van der Waals surface area (Å²) >= 11 is 0. The van der Waals surface area contributed by atoms with E-state index in [9.17, 15) is 10.1 Å². The molecule has 2 aromatic rings. The molecule has 0 aliphatic carbocycles. The summed E-state index contributed by atoms with van der Waals surface area (Å²) in [6.45, 7) is 2.34. The summed E-state index contributed by atoms with van der Waals surface area (Å²) in [6, 6.07) is 16.7. The number of nitrogens with zero attached hydrogens (tertiary/aromatic N) is 1. The molecule has 2 N–H and O–H groups in total. The third-order valence-corrected chi connectivity index (χ3v) is 4.02. The van der Waals surface area contributed by atoms with Crippen molar-refractivity contribution in [2.24, 2.45) is 0 Å². The molecule has 0 saturated heterocycles. The van der Waals surface area contributed by atoms with Crippen LogP contribution in [0.5, 0.6) is 11.5 Å². The van der Waals surface area contributed by atoms with Gasteiger partial charge in [0.05, 0.1) is 20.3 Å². The Morgan fingerprint density at radius 3 is 2.48 bits per heavy atom. The molecule has 0 fully saturated rings. The lowest BCUT2D eigenvalue weighted by molar-refractivity contribution is -0.117. The molecule has 1 unspecified atom stereocenters. The van der Waals surface area contributed by atoms with Crippen LogP contribution in [0.4, 0.5) is 0 Å². The van der Waals surface area contributed by atoms with Crippen molar-refractivity contribution in [3.8, 4) is 17.6 Å². The first-order chi connectivity index (χ1) is 13.1. The lowest BCUT2D eigenvalue weighted by atomic mass is 10.1. The van der Waals surface area contributed by atoms with Crippen LogP contribution in [0.1, 0.15) is 24.1 Å². The summed E-state index contributed by atoms with van der Waals surface area (Å²) in [4.78, 5) is 12.3. The normalized spacial score (nSPS) is 11.9. The molecular formula is C21H23N3O3. The third-order valence-electron chi connectivity index (χ3n) is 4.02. The van der Waals surface area contributed by atoms with E-state index in [1.165, 1.54) is 6.20 Å². The maximum atomic E-state index is 12.3. The van der Waals surface area contributed by atoms with Crippen molar-refractivity contribution < 1.29 is 14.3 Å². The molecule has 0 bridgehead atoms. The highest BCUT2D eigenvalue weighted by Crippen LogP contribution is 2.17. The Bertz CT molecular complexity index is 838. The van der Waals surface area contributed by atoms with E-state index < -0.39 is 5.91 Å². The van der Waals surface area contributed by atoms with Gasteiger partial charge in [-0.15, -0.1) is 0 Å². The molecule has 0 spiro atoms. The minimum Gasteiger partial charge on any atom is -0.497 e. The van der Waals surface area contributed by atoms with Gasteiger partial charge in [-0.1, -0.05) is 24.3 Å². The van der Waals surface area contributed by atoms with Crippen LogP contribution in [0.3, 0.4) is 0 Å². The fourth-order valence-corrected chi connectivity index (χ4v) is 2.45. The van der Waals surface area contributed by atoms with Crippen LogP contribution in [-0.4, -0.2) is 20.1 Å². The number of amides is 1. The Kier molecular flexibility index (Phi) is 7.26. The summed E-state index contributed by atoms with van der Waals surface area (Å²) in [5, 5.41) is 15.1. The third kappa shape index (κ3) is 5.79. The summed E-state index contributed by atoms with van der Waals surface area (Å²) < 4.78 is 10.3. The minimum atomic E-state index is -0.432. The predicted molar refractivity (Wildman–Crippen MR) is 103 cm³/mol. The maximum absolute atomic E-state index is 12.3. The van der Waals surface area contributed by atoms with E-state index in [4.69, 9.17) is 9.47 Å². The van der Waals surface area contributed by atoms with Crippen LogP contribution < -0.4 is 20.1 Å². The van der Waals surface area contributed by atoms with Crippen LogP contribution in [0.2, 0.25) is 0 Å². The van der Waals surface area contributed by atoms with Gasteiger partial charge in [-0.3, -0.25) is 4.79 Å². The van der Waals surface area contributed by atoms with Gasteiger partial charge < -0.3 is 20.1 Å². The topological polar surface area (TPSA) is 83.4 Å². The van der Waals surface area contributed by atoms with Gasteiger partial charge in [0.25, 0.3) is 5.91 Å². The van der Waals surface area contributed by atoms with Gasteiger partial charge in [0, 0.05) is 12.7 Å². The number of ether oxygens (including phenoxy) is 2. The lowest BCUT2D eigenvalue weighted by Gasteiger charge is -2.14. The molecule has 0 radical (unpaired) electrons. The van der Waals surface area contributed by atoms with Gasteiger partial charge >= 0.3 is 0 Å². The van der Waals surface area contributed by atoms with E-state index in [0.717, 1.165) is 22.6 Å². The van der Waals surface area contributed by atoms with Gasteiger partial charge in [0.1, 0.15) is 23.1 Å². The van der Waals surface area contributed by atoms with Crippen LogP contribution in [0, 0.1) is 11.3 Å². The van der Waals surface area contributed by atoms with Gasteiger partial charge in [-0.2, -0.15) is 5.26 Å². The molecule has 1 atom stereocenters. The standard InChI is InChI=1S/C21H23N3O3/c1-15(17-7-9-19(26-2)10-8-17)24-21(25)18(12-22)14-23-13-16-5-4-6-20(11-16)27-3/h4-11,14-15,23H,13H2,1-3H3,(H,24,25)/b18-14-. The molecule has 6 nitrogen and oxygen atoms in total. The highest BCUT2D eigenvalue weighted by atomic mass is 16.5.